The zero-order valence-electron chi connectivity index (χ0n) is 12.7. The molecule has 1 aliphatic carbocycles. The van der Waals surface area contributed by atoms with Crippen LogP contribution in [0, 0.1) is 11.8 Å². The molecule has 0 aliphatic heterocycles. The predicted molar refractivity (Wildman–Crippen MR) is 86.4 cm³/mol. The van der Waals surface area contributed by atoms with E-state index >= 15 is 0 Å². The van der Waals surface area contributed by atoms with Crippen LogP contribution in [0.1, 0.15) is 39.5 Å². The van der Waals surface area contributed by atoms with Gasteiger partial charge in [-0.15, -0.1) is 0 Å². The highest BCUT2D eigenvalue weighted by Gasteiger charge is 2.27. The van der Waals surface area contributed by atoms with E-state index < -0.39 is 10.0 Å². The second-order valence-electron chi connectivity index (χ2n) is 6.28. The van der Waals surface area contributed by atoms with Crippen molar-refractivity contribution in [2.45, 2.75) is 50.5 Å². The summed E-state index contributed by atoms with van der Waals surface area (Å²) in [5, 5.41) is 8.66. The van der Waals surface area contributed by atoms with Crippen LogP contribution in [0.15, 0.2) is 23.1 Å². The number of hydrogen-bond acceptors (Lipinski definition) is 4. The average Bonchev–Trinajstić information content (AvgIpc) is 2.37. The fourth-order valence-electron chi connectivity index (χ4n) is 3.22. The van der Waals surface area contributed by atoms with E-state index in [4.69, 9.17) is 10.9 Å². The lowest BCUT2D eigenvalue weighted by atomic mass is 9.78. The second-order valence-corrected chi connectivity index (χ2v) is 7.84. The van der Waals surface area contributed by atoms with Gasteiger partial charge in [0.25, 0.3) is 0 Å². The van der Waals surface area contributed by atoms with E-state index in [-0.39, 0.29) is 4.90 Å². The topological polar surface area (TPSA) is 98.2 Å². The Morgan fingerprint density at radius 3 is 2.48 bits per heavy atom. The molecule has 1 saturated carbocycles. The fourth-order valence-corrected chi connectivity index (χ4v) is 3.81. The van der Waals surface area contributed by atoms with Crippen LogP contribution in [0.25, 0.3) is 0 Å². The minimum Gasteiger partial charge on any atom is -0.399 e. The summed E-state index contributed by atoms with van der Waals surface area (Å²) in [5.74, 6) is 1.19. The standard InChI is InChI=1S/C15H25N3O2S/c1-10(2)14-5-3-4-6-15(14)18-12-7-11(16)8-13(9-12)21(17,19)20/h7-10,14-15,18H,3-6,16H2,1-2H3,(H2,17,19,20). The van der Waals surface area contributed by atoms with E-state index in [1.807, 2.05) is 0 Å². The summed E-state index contributed by atoms with van der Waals surface area (Å²) < 4.78 is 23.0. The Balaban J connectivity index is 2.24. The molecule has 1 aliphatic rings. The first kappa shape index (κ1) is 16.1. The van der Waals surface area contributed by atoms with E-state index in [2.05, 4.69) is 19.2 Å². The summed E-state index contributed by atoms with van der Waals surface area (Å²) in [4.78, 5) is 0.0573. The van der Waals surface area contributed by atoms with Crippen molar-refractivity contribution in [1.29, 1.82) is 0 Å². The molecule has 2 unspecified atom stereocenters. The highest BCUT2D eigenvalue weighted by molar-refractivity contribution is 7.89. The molecule has 2 atom stereocenters. The predicted octanol–water partition coefficient (Wildman–Crippen LogP) is 2.54. The molecular weight excluding hydrogens is 286 g/mol. The minimum absolute atomic E-state index is 0.0573. The summed E-state index contributed by atoms with van der Waals surface area (Å²) in [6.07, 6.45) is 4.77. The lowest BCUT2D eigenvalue weighted by Crippen LogP contribution is -2.35. The molecule has 0 spiro atoms. The number of nitrogen functional groups attached to an aromatic ring is 1. The molecule has 1 fully saturated rings. The number of sulfonamides is 1. The molecule has 1 aromatic rings. The van der Waals surface area contributed by atoms with Crippen molar-refractivity contribution in [2.75, 3.05) is 11.1 Å². The van der Waals surface area contributed by atoms with Gasteiger partial charge in [0.1, 0.15) is 0 Å². The van der Waals surface area contributed by atoms with Gasteiger partial charge >= 0.3 is 0 Å². The van der Waals surface area contributed by atoms with Gasteiger partial charge in [-0.1, -0.05) is 26.7 Å². The van der Waals surface area contributed by atoms with E-state index in [1.54, 1.807) is 12.1 Å². The second kappa shape index (κ2) is 6.23. The van der Waals surface area contributed by atoms with Gasteiger partial charge in [-0.3, -0.25) is 0 Å². The number of anilines is 2. The van der Waals surface area contributed by atoms with Gasteiger partial charge in [-0.05, 0) is 42.9 Å². The molecule has 0 amide bonds. The molecule has 21 heavy (non-hydrogen) atoms. The first-order chi connectivity index (χ1) is 9.77. The maximum absolute atomic E-state index is 11.5. The van der Waals surface area contributed by atoms with Gasteiger partial charge in [0, 0.05) is 17.4 Å². The lowest BCUT2D eigenvalue weighted by Gasteiger charge is -2.35. The third kappa shape index (κ3) is 4.11. The molecule has 0 radical (unpaired) electrons. The largest absolute Gasteiger partial charge is 0.399 e. The van der Waals surface area contributed by atoms with Gasteiger partial charge < -0.3 is 11.1 Å². The Labute approximate surface area is 127 Å². The summed E-state index contributed by atoms with van der Waals surface area (Å²) in [6, 6.07) is 5.08. The Hall–Kier alpha value is -1.27. The number of rotatable bonds is 4. The monoisotopic (exact) mass is 311 g/mol. The summed E-state index contributed by atoms with van der Waals surface area (Å²) in [5.41, 5.74) is 6.93. The molecule has 6 heteroatoms. The van der Waals surface area contributed by atoms with Crippen molar-refractivity contribution in [1.82, 2.24) is 0 Å². The normalized spacial score (nSPS) is 23.2. The Morgan fingerprint density at radius 1 is 1.19 bits per heavy atom. The van der Waals surface area contributed by atoms with E-state index in [9.17, 15) is 8.42 Å². The summed E-state index contributed by atoms with van der Waals surface area (Å²) in [6.45, 7) is 4.47. The Morgan fingerprint density at radius 2 is 1.86 bits per heavy atom. The quantitative estimate of drug-likeness (QED) is 0.744. The van der Waals surface area contributed by atoms with Gasteiger partial charge in [-0.2, -0.15) is 0 Å². The number of nitrogens with two attached hydrogens (primary N) is 2. The van der Waals surface area contributed by atoms with Crippen LogP contribution < -0.4 is 16.2 Å². The smallest absolute Gasteiger partial charge is 0.238 e. The lowest BCUT2D eigenvalue weighted by molar-refractivity contribution is 0.254. The number of primary sulfonamides is 1. The highest BCUT2D eigenvalue weighted by atomic mass is 32.2. The van der Waals surface area contributed by atoms with Gasteiger partial charge in [-0.25, -0.2) is 13.6 Å². The van der Waals surface area contributed by atoms with Crippen LogP contribution in [0.3, 0.4) is 0 Å². The number of nitrogens with one attached hydrogen (secondary N) is 1. The maximum Gasteiger partial charge on any atom is 0.238 e. The maximum atomic E-state index is 11.5. The fraction of sp³-hybridized carbons (Fsp3) is 0.600. The van der Waals surface area contributed by atoms with Crippen LogP contribution in [-0.2, 0) is 10.0 Å². The van der Waals surface area contributed by atoms with Crippen LogP contribution in [0.2, 0.25) is 0 Å². The first-order valence-corrected chi connectivity index (χ1v) is 9.02. The van der Waals surface area contributed by atoms with E-state index in [0.29, 0.717) is 23.6 Å². The third-order valence-corrected chi connectivity index (χ3v) is 5.18. The van der Waals surface area contributed by atoms with Crippen LogP contribution in [0.4, 0.5) is 11.4 Å². The number of hydrogen-bond donors (Lipinski definition) is 3. The summed E-state index contributed by atoms with van der Waals surface area (Å²) in [7, 11) is -3.74. The van der Waals surface area contributed by atoms with Gasteiger partial charge in [0.05, 0.1) is 4.90 Å². The molecular formula is C15H25N3O2S. The van der Waals surface area contributed by atoms with Crippen molar-refractivity contribution in [3.63, 3.8) is 0 Å². The number of benzene rings is 1. The highest BCUT2D eigenvalue weighted by Crippen LogP contribution is 2.33. The molecule has 118 valence electrons. The SMILES string of the molecule is CC(C)C1CCCCC1Nc1cc(N)cc(S(N)(=O)=O)c1. The first-order valence-electron chi connectivity index (χ1n) is 7.47. The zero-order chi connectivity index (χ0) is 15.6. The molecule has 5 N–H and O–H groups in total. The molecule has 5 nitrogen and oxygen atoms in total. The molecule has 0 aromatic heterocycles. The Bertz CT molecular complexity index is 599. The molecule has 2 rings (SSSR count). The Kier molecular flexibility index (Phi) is 4.78. The molecule has 0 heterocycles. The minimum atomic E-state index is -3.74. The van der Waals surface area contributed by atoms with Crippen molar-refractivity contribution in [3.8, 4) is 0 Å². The third-order valence-electron chi connectivity index (χ3n) is 4.29. The van der Waals surface area contributed by atoms with Crippen molar-refractivity contribution in [3.05, 3.63) is 18.2 Å². The van der Waals surface area contributed by atoms with E-state index in [1.165, 1.54) is 25.3 Å². The van der Waals surface area contributed by atoms with Crippen LogP contribution in [0.5, 0.6) is 0 Å². The van der Waals surface area contributed by atoms with Crippen molar-refractivity contribution < 1.29 is 8.42 Å². The zero-order valence-corrected chi connectivity index (χ0v) is 13.5. The van der Waals surface area contributed by atoms with Crippen LogP contribution in [-0.4, -0.2) is 14.5 Å². The van der Waals surface area contributed by atoms with E-state index in [0.717, 1.165) is 12.1 Å². The molecule has 0 bridgehead atoms. The van der Waals surface area contributed by atoms with Crippen molar-refractivity contribution >= 4 is 21.4 Å². The molecule has 0 saturated heterocycles. The van der Waals surface area contributed by atoms with Crippen molar-refractivity contribution in [2.24, 2.45) is 17.0 Å². The van der Waals surface area contributed by atoms with Gasteiger partial charge in [0.2, 0.25) is 10.0 Å². The molecule has 1 aromatic carbocycles. The average molecular weight is 311 g/mol. The summed E-state index contributed by atoms with van der Waals surface area (Å²) >= 11 is 0. The van der Waals surface area contributed by atoms with Crippen LogP contribution >= 0.6 is 0 Å². The van der Waals surface area contributed by atoms with Gasteiger partial charge in [0.15, 0.2) is 0 Å².